The monoisotopic (exact) mass is 384 g/mol. The Morgan fingerprint density at radius 1 is 1.38 bits per heavy atom. The average molecular weight is 385 g/mol. The van der Waals surface area contributed by atoms with Gasteiger partial charge in [0.2, 0.25) is 5.88 Å². The van der Waals surface area contributed by atoms with Crippen molar-refractivity contribution in [2.75, 3.05) is 0 Å². The lowest BCUT2D eigenvalue weighted by atomic mass is 10.2. The summed E-state index contributed by atoms with van der Waals surface area (Å²) >= 11 is 3.25. The van der Waals surface area contributed by atoms with Crippen LogP contribution in [0.2, 0.25) is 0 Å². The zero-order valence-corrected chi connectivity index (χ0v) is 14.1. The Hall–Kier alpha value is -2.80. The summed E-state index contributed by atoms with van der Waals surface area (Å²) in [5.74, 6) is -0.594. The third-order valence-corrected chi connectivity index (χ3v) is 3.86. The van der Waals surface area contributed by atoms with E-state index < -0.39 is 5.91 Å². The van der Waals surface area contributed by atoms with Crippen molar-refractivity contribution in [2.45, 2.75) is 6.54 Å². The molecular formula is C17H13BrN4O2. The molecule has 0 saturated carbocycles. The van der Waals surface area contributed by atoms with Crippen LogP contribution in [0.3, 0.4) is 0 Å². The minimum Gasteiger partial charge on any atom is -0.493 e. The number of aromatic hydroxyl groups is 1. The van der Waals surface area contributed by atoms with Gasteiger partial charge in [0, 0.05) is 28.8 Å². The van der Waals surface area contributed by atoms with Crippen molar-refractivity contribution in [3.63, 3.8) is 0 Å². The maximum Gasteiger partial charge on any atom is 0.297 e. The first-order valence-electron chi connectivity index (χ1n) is 7.09. The highest BCUT2D eigenvalue weighted by atomic mass is 79.9. The molecule has 3 aromatic rings. The molecule has 0 spiro atoms. The highest BCUT2D eigenvalue weighted by Crippen LogP contribution is 2.38. The number of para-hydroxylation sites is 1. The smallest absolute Gasteiger partial charge is 0.297 e. The maximum atomic E-state index is 12.1. The van der Waals surface area contributed by atoms with Crippen molar-refractivity contribution in [3.8, 4) is 5.88 Å². The minimum absolute atomic E-state index is 0.0555. The molecule has 1 amide bonds. The fourth-order valence-electron chi connectivity index (χ4n) is 2.37. The molecule has 0 aliphatic heterocycles. The fraction of sp³-hybridized carbons (Fsp3) is 0.0588. The Bertz CT molecular complexity index is 962. The molecule has 0 fully saturated rings. The number of rotatable bonds is 4. The first kappa shape index (κ1) is 16.1. The van der Waals surface area contributed by atoms with Gasteiger partial charge in [0.25, 0.3) is 5.91 Å². The molecule has 0 saturated heterocycles. The van der Waals surface area contributed by atoms with Crippen molar-refractivity contribution in [2.24, 2.45) is 10.2 Å². The molecule has 0 aliphatic carbocycles. The molecule has 1 aromatic carbocycles. The topological polar surface area (TPSA) is 79.8 Å². The van der Waals surface area contributed by atoms with Crippen molar-refractivity contribution in [1.29, 1.82) is 0 Å². The summed E-state index contributed by atoms with van der Waals surface area (Å²) in [6, 6.07) is 8.97. The highest BCUT2D eigenvalue weighted by molar-refractivity contribution is 9.10. The summed E-state index contributed by atoms with van der Waals surface area (Å²) in [6.45, 7) is 4.11. The number of halogens is 1. The number of pyridine rings is 1. The van der Waals surface area contributed by atoms with Gasteiger partial charge >= 0.3 is 0 Å². The van der Waals surface area contributed by atoms with Gasteiger partial charge in [0.1, 0.15) is 0 Å². The lowest BCUT2D eigenvalue weighted by Gasteiger charge is -2.01. The number of amides is 1. The van der Waals surface area contributed by atoms with E-state index >= 15 is 0 Å². The molecule has 2 aromatic heterocycles. The highest BCUT2D eigenvalue weighted by Gasteiger charge is 2.16. The Kier molecular flexibility index (Phi) is 4.52. The summed E-state index contributed by atoms with van der Waals surface area (Å²) in [6.07, 6.45) is 4.65. The zero-order valence-electron chi connectivity index (χ0n) is 12.6. The summed E-state index contributed by atoms with van der Waals surface area (Å²) in [7, 11) is 0. The third-order valence-electron chi connectivity index (χ3n) is 3.42. The number of carbonyl (C=O) groups is 1. The van der Waals surface area contributed by atoms with Crippen LogP contribution in [0.15, 0.2) is 70.1 Å². The van der Waals surface area contributed by atoms with E-state index in [1.54, 1.807) is 22.9 Å². The standard InChI is InChI=1S/C17H13BrN4O2/c1-2-7-22-14-6-4-3-5-13(14)15(17(22)24)20-21-16(23)11-8-12(18)10-19-9-11/h2-6,8-10,24H,1,7H2. The molecule has 120 valence electrons. The number of nitrogens with zero attached hydrogens (tertiary/aromatic N) is 4. The van der Waals surface area contributed by atoms with Gasteiger partial charge in [-0.2, -0.15) is 0 Å². The summed E-state index contributed by atoms with van der Waals surface area (Å²) in [5, 5.41) is 18.8. The predicted molar refractivity (Wildman–Crippen MR) is 94.6 cm³/mol. The number of carbonyl (C=O) groups excluding carboxylic acids is 1. The molecule has 0 aliphatic rings. The van der Waals surface area contributed by atoms with E-state index in [-0.39, 0.29) is 11.6 Å². The van der Waals surface area contributed by atoms with Gasteiger partial charge in [-0.3, -0.25) is 9.78 Å². The van der Waals surface area contributed by atoms with Gasteiger partial charge in [-0.25, -0.2) is 0 Å². The summed E-state index contributed by atoms with van der Waals surface area (Å²) in [4.78, 5) is 16.0. The number of hydrogen-bond acceptors (Lipinski definition) is 4. The Morgan fingerprint density at radius 2 is 2.17 bits per heavy atom. The van der Waals surface area contributed by atoms with E-state index in [2.05, 4.69) is 37.7 Å². The van der Waals surface area contributed by atoms with Gasteiger partial charge in [0.15, 0.2) is 5.69 Å². The molecule has 1 N–H and O–H groups in total. The van der Waals surface area contributed by atoms with Crippen LogP contribution < -0.4 is 0 Å². The number of azo groups is 1. The molecular weight excluding hydrogens is 372 g/mol. The fourth-order valence-corrected chi connectivity index (χ4v) is 2.73. The normalized spacial score (nSPS) is 11.2. The van der Waals surface area contributed by atoms with Gasteiger partial charge in [-0.05, 0) is 28.1 Å². The van der Waals surface area contributed by atoms with Gasteiger partial charge in [-0.1, -0.05) is 24.3 Å². The number of aromatic nitrogens is 2. The molecule has 0 atom stereocenters. The minimum atomic E-state index is -0.538. The van der Waals surface area contributed by atoms with Crippen LogP contribution in [-0.2, 0) is 6.54 Å². The van der Waals surface area contributed by atoms with E-state index in [1.165, 1.54) is 6.20 Å². The van der Waals surface area contributed by atoms with E-state index in [0.29, 0.717) is 22.0 Å². The summed E-state index contributed by atoms with van der Waals surface area (Å²) in [5.41, 5.74) is 1.35. The van der Waals surface area contributed by atoms with Gasteiger partial charge in [-0.15, -0.1) is 16.8 Å². The lowest BCUT2D eigenvalue weighted by Crippen LogP contribution is -1.94. The zero-order chi connectivity index (χ0) is 17.1. The number of fused-ring (bicyclic) bond motifs is 1. The molecule has 2 heterocycles. The molecule has 0 radical (unpaired) electrons. The number of hydrogen-bond donors (Lipinski definition) is 1. The molecule has 3 rings (SSSR count). The molecule has 24 heavy (non-hydrogen) atoms. The summed E-state index contributed by atoms with van der Waals surface area (Å²) < 4.78 is 2.33. The Morgan fingerprint density at radius 3 is 2.92 bits per heavy atom. The van der Waals surface area contributed by atoms with Crippen LogP contribution in [-0.4, -0.2) is 20.6 Å². The lowest BCUT2D eigenvalue weighted by molar-refractivity contribution is 0.0994. The van der Waals surface area contributed by atoms with E-state index in [1.807, 2.05) is 24.3 Å². The number of allylic oxidation sites excluding steroid dienone is 1. The van der Waals surface area contributed by atoms with Crippen LogP contribution in [0.5, 0.6) is 5.88 Å². The molecule has 6 nitrogen and oxygen atoms in total. The van der Waals surface area contributed by atoms with Crippen LogP contribution in [0.1, 0.15) is 10.4 Å². The Labute approximate surface area is 146 Å². The van der Waals surface area contributed by atoms with E-state index in [0.717, 1.165) is 5.52 Å². The quantitative estimate of drug-likeness (QED) is 0.526. The maximum absolute atomic E-state index is 12.1. The van der Waals surface area contributed by atoms with Crippen molar-refractivity contribution < 1.29 is 9.90 Å². The van der Waals surface area contributed by atoms with Crippen molar-refractivity contribution in [3.05, 3.63) is 65.4 Å². The van der Waals surface area contributed by atoms with E-state index in [9.17, 15) is 9.90 Å². The predicted octanol–water partition coefficient (Wildman–Crippen LogP) is 4.61. The van der Waals surface area contributed by atoms with Crippen LogP contribution >= 0.6 is 15.9 Å². The Balaban J connectivity index is 2.02. The molecule has 0 unspecified atom stereocenters. The van der Waals surface area contributed by atoms with E-state index in [4.69, 9.17) is 0 Å². The van der Waals surface area contributed by atoms with Crippen LogP contribution in [0, 0.1) is 0 Å². The van der Waals surface area contributed by atoms with Gasteiger partial charge < -0.3 is 9.67 Å². The average Bonchev–Trinajstić information content (AvgIpc) is 2.85. The molecule has 0 bridgehead atoms. The largest absolute Gasteiger partial charge is 0.493 e. The first-order valence-corrected chi connectivity index (χ1v) is 7.89. The second-order valence-electron chi connectivity index (χ2n) is 4.99. The van der Waals surface area contributed by atoms with Crippen LogP contribution in [0.4, 0.5) is 5.69 Å². The van der Waals surface area contributed by atoms with Gasteiger partial charge in [0.05, 0.1) is 11.1 Å². The SMILES string of the molecule is C=CCn1c(O)c(N=NC(=O)c2cncc(Br)c2)c2ccccc21. The number of benzene rings is 1. The second-order valence-corrected chi connectivity index (χ2v) is 5.90. The first-order chi connectivity index (χ1) is 11.6. The molecule has 7 heteroatoms. The van der Waals surface area contributed by atoms with Crippen molar-refractivity contribution in [1.82, 2.24) is 9.55 Å². The third kappa shape index (κ3) is 2.98. The van der Waals surface area contributed by atoms with Crippen molar-refractivity contribution >= 4 is 38.4 Å². The second kappa shape index (κ2) is 6.76. The van der Waals surface area contributed by atoms with Crippen LogP contribution in [0.25, 0.3) is 10.9 Å².